The molecule has 0 fully saturated rings. The van der Waals surface area contributed by atoms with Crippen LogP contribution in [0.4, 0.5) is 5.13 Å². The Kier molecular flexibility index (Phi) is 6.46. The third kappa shape index (κ3) is 3.95. The first-order chi connectivity index (χ1) is 9.11. The van der Waals surface area contributed by atoms with E-state index in [0.29, 0.717) is 6.61 Å². The molecule has 1 aromatic heterocycles. The predicted octanol–water partition coefficient (Wildman–Crippen LogP) is 4.22. The van der Waals surface area contributed by atoms with E-state index in [2.05, 4.69) is 48.6 Å². The van der Waals surface area contributed by atoms with Crippen molar-refractivity contribution in [2.45, 2.75) is 20.8 Å². The van der Waals surface area contributed by atoms with E-state index in [1.165, 1.54) is 22.3 Å². The van der Waals surface area contributed by atoms with Crippen LogP contribution in [0.5, 0.6) is 0 Å². The lowest BCUT2D eigenvalue weighted by Crippen LogP contribution is -2.07. The van der Waals surface area contributed by atoms with Gasteiger partial charge in [0.15, 0.2) is 5.13 Å². The van der Waals surface area contributed by atoms with E-state index in [1.54, 1.807) is 18.4 Å². The predicted molar refractivity (Wildman–Crippen MR) is 89.4 cm³/mol. The molecule has 0 aliphatic rings. The molecule has 0 aliphatic heterocycles. The second kappa shape index (κ2) is 7.62. The van der Waals surface area contributed by atoms with Crippen LogP contribution in [0.1, 0.15) is 16.7 Å². The molecule has 1 N–H and O–H groups in total. The topological polar surface area (TPSA) is 34.1 Å². The van der Waals surface area contributed by atoms with E-state index in [4.69, 9.17) is 4.74 Å². The summed E-state index contributed by atoms with van der Waals surface area (Å²) in [6, 6.07) is 4.45. The van der Waals surface area contributed by atoms with Crippen molar-refractivity contribution in [3.05, 3.63) is 34.2 Å². The monoisotopic (exact) mass is 312 g/mol. The average Bonchev–Trinajstić information content (AvgIpc) is 2.83. The van der Waals surface area contributed by atoms with Crippen LogP contribution < -0.4 is 5.32 Å². The zero-order valence-corrected chi connectivity index (χ0v) is 14.0. The van der Waals surface area contributed by atoms with E-state index in [0.717, 1.165) is 17.4 Å². The van der Waals surface area contributed by atoms with Crippen LogP contribution in [0.25, 0.3) is 11.3 Å². The number of rotatable bonds is 5. The Bertz CT molecular complexity index is 569. The number of halogens is 1. The fourth-order valence-corrected chi connectivity index (χ4v) is 2.71. The van der Waals surface area contributed by atoms with Gasteiger partial charge >= 0.3 is 0 Å². The molecule has 1 aromatic carbocycles. The molecule has 0 bridgehead atoms. The van der Waals surface area contributed by atoms with Gasteiger partial charge in [-0.05, 0) is 43.5 Å². The molecule has 0 saturated heterocycles. The molecule has 1 heterocycles. The molecule has 0 amide bonds. The van der Waals surface area contributed by atoms with Crippen LogP contribution in [0.15, 0.2) is 17.5 Å². The lowest BCUT2D eigenvalue weighted by Gasteiger charge is -2.07. The van der Waals surface area contributed by atoms with Crippen molar-refractivity contribution in [3.8, 4) is 11.3 Å². The Balaban J connectivity index is 0.00000200. The number of aromatic nitrogens is 1. The molecule has 0 unspecified atom stereocenters. The molecular formula is C15H21ClN2OS. The highest BCUT2D eigenvalue weighted by Gasteiger charge is 2.08. The van der Waals surface area contributed by atoms with Gasteiger partial charge < -0.3 is 10.1 Å². The summed E-state index contributed by atoms with van der Waals surface area (Å²) < 4.78 is 5.02. The lowest BCUT2D eigenvalue weighted by atomic mass is 9.99. The first-order valence-corrected chi connectivity index (χ1v) is 7.26. The summed E-state index contributed by atoms with van der Waals surface area (Å²) in [6.45, 7) is 7.90. The van der Waals surface area contributed by atoms with Crippen LogP contribution in [-0.4, -0.2) is 25.2 Å². The van der Waals surface area contributed by atoms with Gasteiger partial charge in [0.1, 0.15) is 0 Å². The van der Waals surface area contributed by atoms with Gasteiger partial charge in [0.25, 0.3) is 0 Å². The van der Waals surface area contributed by atoms with Crippen molar-refractivity contribution in [1.29, 1.82) is 0 Å². The standard InChI is InChI=1S/C15H20N2OS.ClH/c1-10-7-12(3)13(8-11(10)2)14-9-19-15(17-14)16-5-6-18-4;/h7-9H,5-6H2,1-4H3,(H,16,17);1H. The van der Waals surface area contributed by atoms with E-state index in [1.807, 2.05) is 0 Å². The third-order valence-electron chi connectivity index (χ3n) is 3.20. The molecule has 0 atom stereocenters. The van der Waals surface area contributed by atoms with Crippen molar-refractivity contribution in [1.82, 2.24) is 4.98 Å². The Hall–Kier alpha value is -1.10. The zero-order valence-electron chi connectivity index (χ0n) is 12.3. The zero-order chi connectivity index (χ0) is 13.8. The van der Waals surface area contributed by atoms with E-state index in [9.17, 15) is 0 Å². The first-order valence-electron chi connectivity index (χ1n) is 6.38. The van der Waals surface area contributed by atoms with Gasteiger partial charge in [0.2, 0.25) is 0 Å². The second-order valence-electron chi connectivity index (χ2n) is 4.71. The van der Waals surface area contributed by atoms with Crippen molar-refractivity contribution in [2.75, 3.05) is 25.6 Å². The molecule has 0 radical (unpaired) electrons. The minimum absolute atomic E-state index is 0. The van der Waals surface area contributed by atoms with Gasteiger partial charge in [0, 0.05) is 24.6 Å². The molecule has 0 spiro atoms. The Morgan fingerprint density at radius 2 is 1.85 bits per heavy atom. The maximum atomic E-state index is 5.02. The average molecular weight is 313 g/mol. The van der Waals surface area contributed by atoms with Gasteiger partial charge in [0.05, 0.1) is 12.3 Å². The number of nitrogens with one attached hydrogen (secondary N) is 1. The minimum Gasteiger partial charge on any atom is -0.383 e. The minimum atomic E-state index is 0. The fraction of sp³-hybridized carbons (Fsp3) is 0.400. The number of nitrogens with zero attached hydrogens (tertiary/aromatic N) is 1. The summed E-state index contributed by atoms with van der Waals surface area (Å²) in [6.07, 6.45) is 0. The third-order valence-corrected chi connectivity index (χ3v) is 4.00. The molecule has 3 nitrogen and oxygen atoms in total. The number of methoxy groups -OCH3 is 1. The molecule has 0 aliphatic carbocycles. The van der Waals surface area contributed by atoms with Crippen LogP contribution in [0.2, 0.25) is 0 Å². The van der Waals surface area contributed by atoms with Crippen molar-refractivity contribution < 1.29 is 4.74 Å². The summed E-state index contributed by atoms with van der Waals surface area (Å²) in [7, 11) is 1.70. The van der Waals surface area contributed by atoms with Gasteiger partial charge in [-0.25, -0.2) is 4.98 Å². The van der Waals surface area contributed by atoms with Crippen molar-refractivity contribution >= 4 is 28.9 Å². The molecule has 20 heavy (non-hydrogen) atoms. The van der Waals surface area contributed by atoms with E-state index >= 15 is 0 Å². The van der Waals surface area contributed by atoms with Crippen LogP contribution in [0, 0.1) is 20.8 Å². The van der Waals surface area contributed by atoms with Gasteiger partial charge in [-0.15, -0.1) is 23.7 Å². The SMILES string of the molecule is COCCNc1nc(-c2cc(C)c(C)cc2C)cs1.Cl. The van der Waals surface area contributed by atoms with Crippen LogP contribution >= 0.6 is 23.7 Å². The first kappa shape index (κ1) is 17.0. The summed E-state index contributed by atoms with van der Waals surface area (Å²) in [5, 5.41) is 6.32. The number of aryl methyl sites for hydroxylation is 3. The highest BCUT2D eigenvalue weighted by atomic mass is 35.5. The summed E-state index contributed by atoms with van der Waals surface area (Å²) in [5.74, 6) is 0. The number of benzene rings is 1. The number of thiazole rings is 1. The molecule has 2 aromatic rings. The summed E-state index contributed by atoms with van der Waals surface area (Å²) in [4.78, 5) is 4.64. The number of hydrogen-bond donors (Lipinski definition) is 1. The highest BCUT2D eigenvalue weighted by molar-refractivity contribution is 7.14. The Morgan fingerprint density at radius 3 is 2.55 bits per heavy atom. The second-order valence-corrected chi connectivity index (χ2v) is 5.57. The van der Waals surface area contributed by atoms with Crippen LogP contribution in [0.3, 0.4) is 0 Å². The van der Waals surface area contributed by atoms with Gasteiger partial charge in [-0.3, -0.25) is 0 Å². The lowest BCUT2D eigenvalue weighted by molar-refractivity contribution is 0.211. The van der Waals surface area contributed by atoms with Crippen molar-refractivity contribution in [2.24, 2.45) is 0 Å². The number of ether oxygens (including phenoxy) is 1. The Morgan fingerprint density at radius 1 is 1.15 bits per heavy atom. The fourth-order valence-electron chi connectivity index (χ4n) is 1.98. The molecule has 5 heteroatoms. The normalized spacial score (nSPS) is 10.2. The number of hydrogen-bond acceptors (Lipinski definition) is 4. The molecule has 110 valence electrons. The molecule has 2 rings (SSSR count). The van der Waals surface area contributed by atoms with Crippen molar-refractivity contribution in [3.63, 3.8) is 0 Å². The maximum absolute atomic E-state index is 5.02. The smallest absolute Gasteiger partial charge is 0.183 e. The Labute approximate surface area is 130 Å². The van der Waals surface area contributed by atoms with E-state index < -0.39 is 0 Å². The van der Waals surface area contributed by atoms with E-state index in [-0.39, 0.29) is 12.4 Å². The van der Waals surface area contributed by atoms with Gasteiger partial charge in [-0.2, -0.15) is 0 Å². The summed E-state index contributed by atoms with van der Waals surface area (Å²) in [5.41, 5.74) is 6.18. The summed E-state index contributed by atoms with van der Waals surface area (Å²) >= 11 is 1.64. The maximum Gasteiger partial charge on any atom is 0.183 e. The number of anilines is 1. The largest absolute Gasteiger partial charge is 0.383 e. The van der Waals surface area contributed by atoms with Gasteiger partial charge in [-0.1, -0.05) is 6.07 Å². The quantitative estimate of drug-likeness (QED) is 0.840. The van der Waals surface area contributed by atoms with Crippen LogP contribution in [-0.2, 0) is 4.74 Å². The highest BCUT2D eigenvalue weighted by Crippen LogP contribution is 2.29. The molecule has 0 saturated carbocycles. The molecular weight excluding hydrogens is 292 g/mol.